The molecule has 1 N–H and O–H groups in total. The number of halogens is 1. The number of carbonyl (C=O) groups is 1. The number of hydrogen-bond donors (Lipinski definition) is 1. The Morgan fingerprint density at radius 3 is 2.67 bits per heavy atom. The summed E-state index contributed by atoms with van der Waals surface area (Å²) in [5, 5.41) is 3.22. The minimum atomic E-state index is -0.164. The van der Waals surface area contributed by atoms with Crippen molar-refractivity contribution in [1.82, 2.24) is 5.32 Å². The van der Waals surface area contributed by atoms with Gasteiger partial charge in [-0.2, -0.15) is 0 Å². The molecule has 2 aliphatic rings. The van der Waals surface area contributed by atoms with Gasteiger partial charge in [0.05, 0.1) is 18.1 Å². The SMILES string of the molecule is CC1CCC(CCl)(NC(=O)C2CCCOC2)CC1. The first-order valence-corrected chi connectivity index (χ1v) is 7.64. The van der Waals surface area contributed by atoms with Gasteiger partial charge in [0.15, 0.2) is 0 Å². The van der Waals surface area contributed by atoms with E-state index in [9.17, 15) is 4.79 Å². The normalized spacial score (nSPS) is 37.2. The molecule has 104 valence electrons. The minimum absolute atomic E-state index is 0.0261. The van der Waals surface area contributed by atoms with Crippen LogP contribution in [0.5, 0.6) is 0 Å². The van der Waals surface area contributed by atoms with E-state index in [4.69, 9.17) is 16.3 Å². The second-order valence-corrected chi connectivity index (χ2v) is 6.27. The fraction of sp³-hybridized carbons (Fsp3) is 0.929. The Hall–Kier alpha value is -0.280. The monoisotopic (exact) mass is 273 g/mol. The lowest BCUT2D eigenvalue weighted by molar-refractivity contribution is -0.131. The first kappa shape index (κ1) is 14.1. The lowest BCUT2D eigenvalue weighted by Crippen LogP contribution is -2.54. The number of alkyl halides is 1. The molecule has 1 heterocycles. The van der Waals surface area contributed by atoms with Crippen LogP contribution in [-0.2, 0) is 9.53 Å². The molecule has 0 aromatic carbocycles. The molecule has 1 amide bonds. The van der Waals surface area contributed by atoms with Gasteiger partial charge in [0.2, 0.25) is 5.91 Å². The maximum absolute atomic E-state index is 12.3. The molecule has 3 nitrogen and oxygen atoms in total. The van der Waals surface area contributed by atoms with E-state index in [0.717, 1.165) is 51.0 Å². The van der Waals surface area contributed by atoms with Crippen LogP contribution < -0.4 is 5.32 Å². The smallest absolute Gasteiger partial charge is 0.225 e. The molecule has 4 heteroatoms. The van der Waals surface area contributed by atoms with E-state index in [1.807, 2.05) is 0 Å². The topological polar surface area (TPSA) is 38.3 Å². The largest absolute Gasteiger partial charge is 0.381 e. The van der Waals surface area contributed by atoms with Crippen LogP contribution in [0.4, 0.5) is 0 Å². The van der Waals surface area contributed by atoms with Crippen LogP contribution in [0.15, 0.2) is 0 Å². The van der Waals surface area contributed by atoms with Crippen LogP contribution in [0.3, 0.4) is 0 Å². The zero-order valence-corrected chi connectivity index (χ0v) is 12.0. The molecule has 2 rings (SSSR count). The molecule has 0 aromatic rings. The molecule has 1 saturated heterocycles. The number of hydrogen-bond acceptors (Lipinski definition) is 2. The Bertz CT molecular complexity index is 282. The summed E-state index contributed by atoms with van der Waals surface area (Å²) in [4.78, 5) is 12.3. The van der Waals surface area contributed by atoms with Gasteiger partial charge in [-0.1, -0.05) is 6.92 Å². The van der Waals surface area contributed by atoms with Crippen molar-refractivity contribution < 1.29 is 9.53 Å². The van der Waals surface area contributed by atoms with Crippen LogP contribution in [0.1, 0.15) is 45.4 Å². The van der Waals surface area contributed by atoms with Gasteiger partial charge in [-0.05, 0) is 44.4 Å². The Kier molecular flexibility index (Phi) is 4.91. The number of nitrogens with one attached hydrogen (secondary N) is 1. The molecule has 0 aromatic heterocycles. The minimum Gasteiger partial charge on any atom is -0.381 e. The highest BCUT2D eigenvalue weighted by Gasteiger charge is 2.36. The van der Waals surface area contributed by atoms with E-state index in [1.54, 1.807) is 0 Å². The van der Waals surface area contributed by atoms with E-state index in [-0.39, 0.29) is 17.4 Å². The van der Waals surface area contributed by atoms with E-state index < -0.39 is 0 Å². The van der Waals surface area contributed by atoms with E-state index >= 15 is 0 Å². The molecule has 1 aliphatic carbocycles. The van der Waals surface area contributed by atoms with Crippen molar-refractivity contribution in [3.63, 3.8) is 0 Å². The third-order valence-electron chi connectivity index (χ3n) is 4.41. The standard InChI is InChI=1S/C14H24ClNO2/c1-11-4-6-14(10-15,7-5-11)16-13(17)12-3-2-8-18-9-12/h11-12H,2-10H2,1H3,(H,16,17). The average Bonchev–Trinajstić information content (AvgIpc) is 2.43. The van der Waals surface area contributed by atoms with Gasteiger partial charge in [-0.3, -0.25) is 4.79 Å². The zero-order valence-electron chi connectivity index (χ0n) is 11.2. The molecule has 0 spiro atoms. The predicted octanol–water partition coefficient (Wildman–Crippen LogP) is 2.72. The summed E-state index contributed by atoms with van der Waals surface area (Å²) >= 11 is 6.12. The summed E-state index contributed by atoms with van der Waals surface area (Å²) in [5.41, 5.74) is -0.164. The lowest BCUT2D eigenvalue weighted by Gasteiger charge is -2.40. The summed E-state index contributed by atoms with van der Waals surface area (Å²) in [7, 11) is 0. The first-order chi connectivity index (χ1) is 8.65. The van der Waals surface area contributed by atoms with Crippen molar-refractivity contribution >= 4 is 17.5 Å². The third-order valence-corrected chi connectivity index (χ3v) is 4.92. The van der Waals surface area contributed by atoms with Crippen molar-refractivity contribution in [1.29, 1.82) is 0 Å². The molecule has 1 atom stereocenters. The molecule has 1 unspecified atom stereocenters. The number of amides is 1. The van der Waals surface area contributed by atoms with E-state index in [0.29, 0.717) is 12.5 Å². The molecule has 0 radical (unpaired) electrons. The highest BCUT2D eigenvalue weighted by atomic mass is 35.5. The molecule has 0 bridgehead atoms. The Morgan fingerprint density at radius 1 is 1.39 bits per heavy atom. The van der Waals surface area contributed by atoms with Gasteiger partial charge >= 0.3 is 0 Å². The van der Waals surface area contributed by atoms with Gasteiger partial charge in [-0.15, -0.1) is 11.6 Å². The van der Waals surface area contributed by atoms with Gasteiger partial charge in [0.25, 0.3) is 0 Å². The van der Waals surface area contributed by atoms with E-state index in [2.05, 4.69) is 12.2 Å². The van der Waals surface area contributed by atoms with E-state index in [1.165, 1.54) is 0 Å². The quantitative estimate of drug-likeness (QED) is 0.803. The van der Waals surface area contributed by atoms with Crippen molar-refractivity contribution in [3.8, 4) is 0 Å². The fourth-order valence-electron chi connectivity index (χ4n) is 2.92. The highest BCUT2D eigenvalue weighted by Crippen LogP contribution is 2.33. The summed E-state index contributed by atoms with van der Waals surface area (Å²) in [6.07, 6.45) is 6.28. The van der Waals surface area contributed by atoms with Crippen LogP contribution in [0.25, 0.3) is 0 Å². The lowest BCUT2D eigenvalue weighted by atomic mass is 9.78. The molecule has 1 aliphatic heterocycles. The second-order valence-electron chi connectivity index (χ2n) is 6.00. The van der Waals surface area contributed by atoms with Crippen molar-refractivity contribution in [2.24, 2.45) is 11.8 Å². The number of ether oxygens (including phenoxy) is 1. The maximum atomic E-state index is 12.3. The van der Waals surface area contributed by atoms with Gasteiger partial charge in [0.1, 0.15) is 0 Å². The van der Waals surface area contributed by atoms with Crippen molar-refractivity contribution in [2.45, 2.75) is 51.0 Å². The molecule has 1 saturated carbocycles. The predicted molar refractivity (Wildman–Crippen MR) is 72.8 cm³/mol. The summed E-state index contributed by atoms with van der Waals surface area (Å²) in [6, 6.07) is 0. The molecular formula is C14H24ClNO2. The average molecular weight is 274 g/mol. The van der Waals surface area contributed by atoms with Crippen molar-refractivity contribution in [3.05, 3.63) is 0 Å². The molecule has 18 heavy (non-hydrogen) atoms. The summed E-state index contributed by atoms with van der Waals surface area (Å²) in [5.74, 6) is 1.46. The van der Waals surface area contributed by atoms with Gasteiger partial charge in [0, 0.05) is 12.5 Å². The number of carbonyl (C=O) groups excluding carboxylic acids is 1. The summed E-state index contributed by atoms with van der Waals surface area (Å²) in [6.45, 7) is 3.64. The Balaban J connectivity index is 1.90. The van der Waals surface area contributed by atoms with Gasteiger partial charge in [-0.25, -0.2) is 0 Å². The van der Waals surface area contributed by atoms with Crippen LogP contribution >= 0.6 is 11.6 Å². The maximum Gasteiger partial charge on any atom is 0.225 e. The Labute approximate surface area is 115 Å². The van der Waals surface area contributed by atoms with Crippen LogP contribution in [-0.4, -0.2) is 30.5 Å². The van der Waals surface area contributed by atoms with Crippen LogP contribution in [0, 0.1) is 11.8 Å². The van der Waals surface area contributed by atoms with Crippen molar-refractivity contribution in [2.75, 3.05) is 19.1 Å². The first-order valence-electron chi connectivity index (χ1n) is 7.11. The number of rotatable bonds is 3. The second kappa shape index (κ2) is 6.25. The Morgan fingerprint density at radius 2 is 2.11 bits per heavy atom. The summed E-state index contributed by atoms with van der Waals surface area (Å²) < 4.78 is 5.38. The molecule has 2 fully saturated rings. The third kappa shape index (κ3) is 3.39. The fourth-order valence-corrected chi connectivity index (χ4v) is 3.25. The van der Waals surface area contributed by atoms with Gasteiger partial charge < -0.3 is 10.1 Å². The zero-order chi connectivity index (χ0) is 13.0. The highest BCUT2D eigenvalue weighted by molar-refractivity contribution is 6.18. The molecular weight excluding hydrogens is 250 g/mol. The van der Waals surface area contributed by atoms with Crippen LogP contribution in [0.2, 0.25) is 0 Å².